The minimum absolute atomic E-state index is 0.214. The van der Waals surface area contributed by atoms with E-state index in [1.165, 1.54) is 5.56 Å². The average molecular weight is 288 g/mol. The van der Waals surface area contributed by atoms with Crippen LogP contribution in [0.15, 0.2) is 36.5 Å². The van der Waals surface area contributed by atoms with Gasteiger partial charge in [-0.25, -0.2) is 4.79 Å². The molecule has 1 saturated heterocycles. The number of piperazine rings is 1. The van der Waals surface area contributed by atoms with Gasteiger partial charge in [0.1, 0.15) is 5.60 Å². The third-order valence-electron chi connectivity index (χ3n) is 3.24. The average Bonchev–Trinajstić information content (AvgIpc) is 2.45. The van der Waals surface area contributed by atoms with Crippen molar-refractivity contribution in [1.82, 2.24) is 9.80 Å². The normalized spacial score (nSPS) is 16.3. The highest BCUT2D eigenvalue weighted by atomic mass is 16.6. The third-order valence-corrected chi connectivity index (χ3v) is 3.24. The standard InChI is InChI=1S/C17H24N2O2/c1-17(2,3)21-16(20)19-13-11-18(12-14-19)10-9-15-7-5-4-6-8-15/h4-10H,11-14H2,1-3H3. The highest BCUT2D eigenvalue weighted by molar-refractivity contribution is 5.68. The van der Waals surface area contributed by atoms with Crippen LogP contribution in [0.25, 0.3) is 6.08 Å². The van der Waals surface area contributed by atoms with Gasteiger partial charge in [0.05, 0.1) is 0 Å². The molecule has 0 spiro atoms. The van der Waals surface area contributed by atoms with Crippen LogP contribution >= 0.6 is 0 Å². The first kappa shape index (κ1) is 15.4. The molecule has 0 radical (unpaired) electrons. The molecule has 4 nitrogen and oxygen atoms in total. The van der Waals surface area contributed by atoms with Gasteiger partial charge < -0.3 is 14.5 Å². The van der Waals surface area contributed by atoms with E-state index < -0.39 is 5.60 Å². The van der Waals surface area contributed by atoms with E-state index in [2.05, 4.69) is 29.3 Å². The summed E-state index contributed by atoms with van der Waals surface area (Å²) in [5.74, 6) is 0. The van der Waals surface area contributed by atoms with Crippen molar-refractivity contribution in [2.24, 2.45) is 0 Å². The quantitative estimate of drug-likeness (QED) is 0.837. The van der Waals surface area contributed by atoms with Gasteiger partial charge in [0, 0.05) is 26.2 Å². The summed E-state index contributed by atoms with van der Waals surface area (Å²) in [6.07, 6.45) is 3.99. The minimum Gasteiger partial charge on any atom is -0.444 e. The van der Waals surface area contributed by atoms with E-state index in [0.29, 0.717) is 13.1 Å². The Kier molecular flexibility index (Phi) is 4.89. The first-order valence-electron chi connectivity index (χ1n) is 7.39. The summed E-state index contributed by atoms with van der Waals surface area (Å²) in [5.41, 5.74) is 0.758. The Balaban J connectivity index is 1.81. The van der Waals surface area contributed by atoms with Crippen LogP contribution in [0.5, 0.6) is 0 Å². The molecule has 0 bridgehead atoms. The molecule has 1 heterocycles. The second-order valence-electron chi connectivity index (χ2n) is 6.23. The molecular formula is C17H24N2O2. The molecule has 114 valence electrons. The van der Waals surface area contributed by atoms with Crippen molar-refractivity contribution in [2.75, 3.05) is 26.2 Å². The molecule has 1 aliphatic rings. The maximum atomic E-state index is 12.0. The molecule has 4 heteroatoms. The lowest BCUT2D eigenvalue weighted by atomic mass is 10.2. The predicted molar refractivity (Wildman–Crippen MR) is 84.9 cm³/mol. The van der Waals surface area contributed by atoms with Gasteiger partial charge in [0.15, 0.2) is 0 Å². The zero-order valence-electron chi connectivity index (χ0n) is 13.1. The first-order chi connectivity index (χ1) is 9.94. The highest BCUT2D eigenvalue weighted by Crippen LogP contribution is 2.12. The summed E-state index contributed by atoms with van der Waals surface area (Å²) in [5, 5.41) is 0. The Morgan fingerprint density at radius 3 is 2.29 bits per heavy atom. The zero-order chi connectivity index (χ0) is 15.3. The molecule has 0 saturated carbocycles. The van der Waals surface area contributed by atoms with Gasteiger partial charge in [-0.05, 0) is 38.6 Å². The molecule has 2 rings (SSSR count). The molecule has 1 aromatic rings. The van der Waals surface area contributed by atoms with E-state index in [4.69, 9.17) is 4.74 Å². The maximum absolute atomic E-state index is 12.0. The van der Waals surface area contributed by atoms with E-state index in [9.17, 15) is 4.79 Å². The van der Waals surface area contributed by atoms with Crippen molar-refractivity contribution < 1.29 is 9.53 Å². The van der Waals surface area contributed by atoms with Crippen LogP contribution in [-0.2, 0) is 4.74 Å². The summed E-state index contributed by atoms with van der Waals surface area (Å²) in [4.78, 5) is 16.0. The summed E-state index contributed by atoms with van der Waals surface area (Å²) in [7, 11) is 0. The smallest absolute Gasteiger partial charge is 0.410 e. The number of benzene rings is 1. The number of amides is 1. The first-order valence-corrected chi connectivity index (χ1v) is 7.39. The van der Waals surface area contributed by atoms with Crippen molar-refractivity contribution >= 4 is 12.2 Å². The molecule has 1 aromatic carbocycles. The third kappa shape index (κ3) is 5.14. The van der Waals surface area contributed by atoms with Crippen LogP contribution in [0.4, 0.5) is 4.79 Å². The van der Waals surface area contributed by atoms with Crippen LogP contribution in [0.1, 0.15) is 26.3 Å². The van der Waals surface area contributed by atoms with Gasteiger partial charge in [-0.2, -0.15) is 0 Å². The lowest BCUT2D eigenvalue weighted by Gasteiger charge is -2.35. The van der Waals surface area contributed by atoms with Crippen molar-refractivity contribution in [2.45, 2.75) is 26.4 Å². The van der Waals surface area contributed by atoms with E-state index in [1.807, 2.05) is 39.0 Å². The van der Waals surface area contributed by atoms with Gasteiger partial charge in [-0.15, -0.1) is 0 Å². The van der Waals surface area contributed by atoms with E-state index in [0.717, 1.165) is 13.1 Å². The number of hydrogen-bond donors (Lipinski definition) is 0. The second-order valence-corrected chi connectivity index (χ2v) is 6.23. The molecule has 21 heavy (non-hydrogen) atoms. The summed E-state index contributed by atoms with van der Waals surface area (Å²) >= 11 is 0. The Morgan fingerprint density at radius 1 is 1.10 bits per heavy atom. The number of rotatable bonds is 2. The number of hydrogen-bond acceptors (Lipinski definition) is 3. The lowest BCUT2D eigenvalue weighted by molar-refractivity contribution is 0.0177. The Bertz CT molecular complexity index is 483. The van der Waals surface area contributed by atoms with Gasteiger partial charge in [0.25, 0.3) is 0 Å². The zero-order valence-corrected chi connectivity index (χ0v) is 13.1. The van der Waals surface area contributed by atoms with E-state index in [1.54, 1.807) is 4.90 Å². The second kappa shape index (κ2) is 6.66. The number of carbonyl (C=O) groups excluding carboxylic acids is 1. The van der Waals surface area contributed by atoms with Crippen LogP contribution < -0.4 is 0 Å². The summed E-state index contributed by atoms with van der Waals surface area (Å²) < 4.78 is 5.39. The van der Waals surface area contributed by atoms with Crippen molar-refractivity contribution in [1.29, 1.82) is 0 Å². The fourth-order valence-electron chi connectivity index (χ4n) is 2.14. The summed E-state index contributed by atoms with van der Waals surface area (Å²) in [6, 6.07) is 10.2. The number of ether oxygens (including phenoxy) is 1. The monoisotopic (exact) mass is 288 g/mol. The summed E-state index contributed by atoms with van der Waals surface area (Å²) in [6.45, 7) is 8.75. The predicted octanol–water partition coefficient (Wildman–Crippen LogP) is 3.21. The largest absolute Gasteiger partial charge is 0.444 e. The van der Waals surface area contributed by atoms with Crippen molar-refractivity contribution in [3.8, 4) is 0 Å². The fourth-order valence-corrected chi connectivity index (χ4v) is 2.14. The van der Waals surface area contributed by atoms with Gasteiger partial charge in [0.2, 0.25) is 0 Å². The number of carbonyl (C=O) groups is 1. The van der Waals surface area contributed by atoms with E-state index in [-0.39, 0.29) is 6.09 Å². The van der Waals surface area contributed by atoms with Gasteiger partial charge >= 0.3 is 6.09 Å². The van der Waals surface area contributed by atoms with Crippen LogP contribution in [0, 0.1) is 0 Å². The van der Waals surface area contributed by atoms with Crippen molar-refractivity contribution in [3.05, 3.63) is 42.1 Å². The topological polar surface area (TPSA) is 32.8 Å². The minimum atomic E-state index is -0.429. The van der Waals surface area contributed by atoms with E-state index >= 15 is 0 Å². The maximum Gasteiger partial charge on any atom is 0.410 e. The molecule has 0 unspecified atom stereocenters. The Hall–Kier alpha value is -1.97. The van der Waals surface area contributed by atoms with Gasteiger partial charge in [-0.1, -0.05) is 30.3 Å². The molecule has 1 amide bonds. The number of nitrogens with zero attached hydrogens (tertiary/aromatic N) is 2. The highest BCUT2D eigenvalue weighted by Gasteiger charge is 2.24. The Labute approximate surface area is 127 Å². The molecule has 0 atom stereocenters. The molecule has 1 fully saturated rings. The molecule has 0 aromatic heterocycles. The van der Waals surface area contributed by atoms with Gasteiger partial charge in [-0.3, -0.25) is 0 Å². The molecule has 0 aliphatic carbocycles. The Morgan fingerprint density at radius 2 is 1.71 bits per heavy atom. The molecule has 0 N–H and O–H groups in total. The lowest BCUT2D eigenvalue weighted by Crippen LogP contribution is -2.48. The molecular weight excluding hydrogens is 264 g/mol. The van der Waals surface area contributed by atoms with Crippen LogP contribution in [0.3, 0.4) is 0 Å². The fraction of sp³-hybridized carbons (Fsp3) is 0.471. The SMILES string of the molecule is CC(C)(C)OC(=O)N1CCN(C=Cc2ccccc2)CC1. The van der Waals surface area contributed by atoms with Crippen LogP contribution in [0.2, 0.25) is 0 Å². The van der Waals surface area contributed by atoms with Crippen LogP contribution in [-0.4, -0.2) is 47.7 Å². The van der Waals surface area contributed by atoms with Crippen molar-refractivity contribution in [3.63, 3.8) is 0 Å². The molecule has 1 aliphatic heterocycles.